The lowest BCUT2D eigenvalue weighted by Gasteiger charge is -2.19. The number of hydrogen-bond acceptors (Lipinski definition) is 5. The summed E-state index contributed by atoms with van der Waals surface area (Å²) in [6, 6.07) is 0.485. The average molecular weight is 295 g/mol. The van der Waals surface area contributed by atoms with E-state index in [1.807, 2.05) is 20.8 Å². The second-order valence-electron chi connectivity index (χ2n) is 6.53. The highest BCUT2D eigenvalue weighted by molar-refractivity contribution is 5.84. The number of carbonyl (C=O) groups is 1. The zero-order chi connectivity index (χ0) is 15.5. The summed E-state index contributed by atoms with van der Waals surface area (Å²) in [7, 11) is 2.12. The molecule has 0 saturated carbocycles. The molecule has 1 aliphatic heterocycles. The van der Waals surface area contributed by atoms with Crippen molar-refractivity contribution in [1.29, 1.82) is 0 Å². The zero-order valence-corrected chi connectivity index (χ0v) is 13.2. The van der Waals surface area contributed by atoms with Crippen LogP contribution < -0.4 is 10.6 Å². The van der Waals surface area contributed by atoms with Gasteiger partial charge in [-0.05, 0) is 40.8 Å². The van der Waals surface area contributed by atoms with Gasteiger partial charge in [-0.15, -0.1) is 0 Å². The minimum absolute atomic E-state index is 0.478. The number of aromatic nitrogens is 2. The summed E-state index contributed by atoms with van der Waals surface area (Å²) in [6.45, 7) is 8.33. The van der Waals surface area contributed by atoms with Crippen LogP contribution in [0.2, 0.25) is 0 Å². The fraction of sp³-hybridized carbons (Fsp3) is 0.714. The summed E-state index contributed by atoms with van der Waals surface area (Å²) in [6.07, 6.45) is 2.38. The predicted molar refractivity (Wildman–Crippen MR) is 81.2 cm³/mol. The van der Waals surface area contributed by atoms with E-state index in [1.165, 1.54) is 0 Å². The van der Waals surface area contributed by atoms with Gasteiger partial charge in [-0.2, -0.15) is 5.10 Å². The Hall–Kier alpha value is -1.60. The number of nitrogens with one attached hydrogen (secondary N) is 3. The van der Waals surface area contributed by atoms with Crippen molar-refractivity contribution in [2.24, 2.45) is 0 Å². The first-order valence-electron chi connectivity index (χ1n) is 7.27. The van der Waals surface area contributed by atoms with Crippen LogP contribution in [0.4, 0.5) is 10.6 Å². The highest BCUT2D eigenvalue weighted by Gasteiger charge is 2.20. The Morgan fingerprint density at radius 1 is 1.57 bits per heavy atom. The topological polar surface area (TPSA) is 82.3 Å². The monoisotopic (exact) mass is 295 g/mol. The van der Waals surface area contributed by atoms with Crippen LogP contribution in [0.15, 0.2) is 6.20 Å². The van der Waals surface area contributed by atoms with Crippen LogP contribution in [0.5, 0.6) is 0 Å². The maximum absolute atomic E-state index is 11.8. The molecule has 118 valence electrons. The van der Waals surface area contributed by atoms with Crippen molar-refractivity contribution in [1.82, 2.24) is 20.4 Å². The summed E-state index contributed by atoms with van der Waals surface area (Å²) in [5.41, 5.74) is 0.409. The number of H-pyrrole nitrogens is 1. The largest absolute Gasteiger partial charge is 0.444 e. The number of rotatable bonds is 4. The van der Waals surface area contributed by atoms with Gasteiger partial charge >= 0.3 is 6.09 Å². The maximum Gasteiger partial charge on any atom is 0.413 e. The Kier molecular flexibility index (Phi) is 4.84. The third kappa shape index (κ3) is 5.02. The molecule has 1 amide bonds. The Morgan fingerprint density at radius 2 is 2.33 bits per heavy atom. The first-order chi connectivity index (χ1) is 9.83. The molecule has 1 aromatic heterocycles. The summed E-state index contributed by atoms with van der Waals surface area (Å²) in [4.78, 5) is 14.1. The van der Waals surface area contributed by atoms with Crippen LogP contribution in [0.3, 0.4) is 0 Å². The number of ether oxygens (including phenoxy) is 1. The number of likely N-dealkylation sites (tertiary alicyclic amines) is 1. The van der Waals surface area contributed by atoms with E-state index in [0.29, 0.717) is 18.4 Å². The van der Waals surface area contributed by atoms with Crippen LogP contribution >= 0.6 is 0 Å². The predicted octanol–water partition coefficient (Wildman–Crippen LogP) is 1.55. The maximum atomic E-state index is 11.8. The van der Waals surface area contributed by atoms with Crippen LogP contribution in [-0.2, 0) is 11.3 Å². The number of anilines is 1. The zero-order valence-electron chi connectivity index (χ0n) is 13.2. The molecule has 1 aliphatic rings. The highest BCUT2D eigenvalue weighted by atomic mass is 16.6. The van der Waals surface area contributed by atoms with Gasteiger partial charge in [-0.3, -0.25) is 10.4 Å². The molecule has 0 radical (unpaired) electrons. The highest BCUT2D eigenvalue weighted by Crippen LogP contribution is 2.15. The molecular formula is C14H25N5O2. The minimum Gasteiger partial charge on any atom is -0.444 e. The van der Waals surface area contributed by atoms with Gasteiger partial charge in [-0.25, -0.2) is 4.79 Å². The Bertz CT molecular complexity index is 480. The summed E-state index contributed by atoms with van der Waals surface area (Å²) < 4.78 is 5.23. The second-order valence-corrected chi connectivity index (χ2v) is 6.53. The molecule has 21 heavy (non-hydrogen) atoms. The first kappa shape index (κ1) is 15.8. The summed E-state index contributed by atoms with van der Waals surface area (Å²) in [5, 5.41) is 13.0. The average Bonchev–Trinajstić information content (AvgIpc) is 2.93. The molecule has 0 bridgehead atoms. The molecule has 1 fully saturated rings. The molecule has 7 heteroatoms. The van der Waals surface area contributed by atoms with E-state index in [2.05, 4.69) is 32.8 Å². The third-order valence-corrected chi connectivity index (χ3v) is 3.32. The fourth-order valence-corrected chi connectivity index (χ4v) is 2.31. The van der Waals surface area contributed by atoms with Crippen molar-refractivity contribution in [3.05, 3.63) is 11.8 Å². The molecule has 0 aliphatic carbocycles. The van der Waals surface area contributed by atoms with Crippen molar-refractivity contribution in [2.75, 3.05) is 25.5 Å². The smallest absolute Gasteiger partial charge is 0.413 e. The Morgan fingerprint density at radius 3 is 2.95 bits per heavy atom. The van der Waals surface area contributed by atoms with Crippen molar-refractivity contribution >= 4 is 11.9 Å². The molecule has 2 heterocycles. The van der Waals surface area contributed by atoms with Gasteiger partial charge in [-0.1, -0.05) is 0 Å². The van der Waals surface area contributed by atoms with E-state index in [4.69, 9.17) is 4.74 Å². The lowest BCUT2D eigenvalue weighted by molar-refractivity contribution is 0.0635. The molecule has 1 atom stereocenters. The molecule has 3 N–H and O–H groups in total. The quantitative estimate of drug-likeness (QED) is 0.785. The van der Waals surface area contributed by atoms with E-state index in [9.17, 15) is 4.79 Å². The number of likely N-dealkylation sites (N-methyl/N-ethyl adjacent to an activating group) is 1. The van der Waals surface area contributed by atoms with Crippen LogP contribution in [0, 0.1) is 0 Å². The van der Waals surface area contributed by atoms with E-state index < -0.39 is 11.7 Å². The van der Waals surface area contributed by atoms with E-state index in [1.54, 1.807) is 6.20 Å². The third-order valence-electron chi connectivity index (χ3n) is 3.32. The number of amides is 1. The van der Waals surface area contributed by atoms with E-state index >= 15 is 0 Å². The van der Waals surface area contributed by atoms with Crippen molar-refractivity contribution in [2.45, 2.75) is 45.4 Å². The number of hydrogen-bond donors (Lipinski definition) is 3. The standard InChI is InChI=1S/C14H25N5O2/c1-14(2,3)21-13(20)17-12-10(8-16-18-12)7-15-11-5-6-19(4)9-11/h8,11,15H,5-7,9H2,1-4H3,(H2,16,17,18,20). The normalized spacial score (nSPS) is 19.7. The van der Waals surface area contributed by atoms with Gasteiger partial charge in [0.05, 0.1) is 6.20 Å². The lowest BCUT2D eigenvalue weighted by Crippen LogP contribution is -2.31. The minimum atomic E-state index is -0.517. The van der Waals surface area contributed by atoms with Crippen LogP contribution in [-0.4, -0.2) is 53.0 Å². The number of nitrogens with zero attached hydrogens (tertiary/aromatic N) is 2. The van der Waals surface area contributed by atoms with E-state index in [-0.39, 0.29) is 0 Å². The molecule has 2 rings (SSSR count). The molecule has 1 unspecified atom stereocenters. The van der Waals surface area contributed by atoms with Gasteiger partial charge in [0.1, 0.15) is 11.4 Å². The van der Waals surface area contributed by atoms with Crippen molar-refractivity contribution in [3.8, 4) is 0 Å². The van der Waals surface area contributed by atoms with Gasteiger partial charge < -0.3 is 15.0 Å². The van der Waals surface area contributed by atoms with Gasteiger partial charge in [0.2, 0.25) is 0 Å². The Labute approximate surface area is 125 Å². The lowest BCUT2D eigenvalue weighted by atomic mass is 10.2. The van der Waals surface area contributed by atoms with Gasteiger partial charge in [0, 0.05) is 24.7 Å². The van der Waals surface area contributed by atoms with E-state index in [0.717, 1.165) is 25.1 Å². The van der Waals surface area contributed by atoms with Crippen molar-refractivity contribution < 1.29 is 9.53 Å². The van der Waals surface area contributed by atoms with Gasteiger partial charge in [0.25, 0.3) is 0 Å². The number of aromatic amines is 1. The molecule has 1 saturated heterocycles. The first-order valence-corrected chi connectivity index (χ1v) is 7.27. The second kappa shape index (κ2) is 6.44. The van der Waals surface area contributed by atoms with Crippen LogP contribution in [0.1, 0.15) is 32.8 Å². The summed E-state index contributed by atoms with van der Waals surface area (Å²) in [5.74, 6) is 0.586. The molecule has 0 aromatic carbocycles. The fourth-order valence-electron chi connectivity index (χ4n) is 2.31. The molecule has 0 spiro atoms. The Balaban J connectivity index is 1.85. The van der Waals surface area contributed by atoms with Gasteiger partial charge in [0.15, 0.2) is 0 Å². The molecular weight excluding hydrogens is 270 g/mol. The molecule has 7 nitrogen and oxygen atoms in total. The SMILES string of the molecule is CN1CCC(NCc2cn[nH]c2NC(=O)OC(C)(C)C)C1. The summed E-state index contributed by atoms with van der Waals surface area (Å²) >= 11 is 0. The number of carbonyl (C=O) groups excluding carboxylic acids is 1. The molecule has 1 aromatic rings. The van der Waals surface area contributed by atoms with Crippen LogP contribution in [0.25, 0.3) is 0 Å². The van der Waals surface area contributed by atoms with Crippen molar-refractivity contribution in [3.63, 3.8) is 0 Å².